The largest absolute Gasteiger partial charge is 0.573 e. The van der Waals surface area contributed by atoms with Crippen LogP contribution >= 0.6 is 0 Å². The van der Waals surface area contributed by atoms with Crippen LogP contribution in [0.2, 0.25) is 0 Å². The molecule has 22 heavy (non-hydrogen) atoms. The van der Waals surface area contributed by atoms with Crippen molar-refractivity contribution in [3.63, 3.8) is 0 Å². The molecule has 8 heteroatoms. The third-order valence-corrected chi connectivity index (χ3v) is 2.78. The fourth-order valence-electron chi connectivity index (χ4n) is 1.99. The van der Waals surface area contributed by atoms with E-state index in [1.54, 1.807) is 0 Å². The maximum Gasteiger partial charge on any atom is 0.573 e. The Morgan fingerprint density at radius 2 is 1.45 bits per heavy atom. The molecule has 0 heterocycles. The normalized spacial score (nSPS) is 12.3. The van der Waals surface area contributed by atoms with Crippen molar-refractivity contribution in [2.75, 3.05) is 5.73 Å². The smallest absolute Gasteiger partial charge is 0.405 e. The number of anilines is 1. The molecule has 2 nitrogen and oxygen atoms in total. The lowest BCUT2D eigenvalue weighted by atomic mass is 9.96. The van der Waals surface area contributed by atoms with Crippen LogP contribution in [-0.2, 0) is 6.18 Å². The predicted octanol–water partition coefficient (Wildman–Crippen LogP) is 4.85. The van der Waals surface area contributed by atoms with E-state index >= 15 is 0 Å². The SMILES string of the molecule is Nc1cccc(C(F)(F)F)c1-c1ccccc1OC(F)(F)F. The summed E-state index contributed by atoms with van der Waals surface area (Å²) in [5.74, 6) is -0.751. The number of hydrogen-bond donors (Lipinski definition) is 1. The molecule has 2 rings (SSSR count). The van der Waals surface area contributed by atoms with E-state index in [2.05, 4.69) is 4.74 Å². The van der Waals surface area contributed by atoms with Gasteiger partial charge in [-0.15, -0.1) is 13.2 Å². The molecule has 0 saturated carbocycles. The van der Waals surface area contributed by atoms with Gasteiger partial charge in [0.1, 0.15) is 5.75 Å². The molecule has 0 aliphatic heterocycles. The molecule has 0 atom stereocenters. The minimum atomic E-state index is -5.03. The van der Waals surface area contributed by atoms with E-state index in [9.17, 15) is 26.3 Å². The van der Waals surface area contributed by atoms with Crippen molar-refractivity contribution in [1.29, 1.82) is 0 Å². The van der Waals surface area contributed by atoms with Gasteiger partial charge in [0, 0.05) is 16.8 Å². The van der Waals surface area contributed by atoms with Gasteiger partial charge in [-0.1, -0.05) is 24.3 Å². The van der Waals surface area contributed by atoms with Crippen molar-refractivity contribution in [3.05, 3.63) is 48.0 Å². The standard InChI is InChI=1S/C14H9F6NO/c15-13(16,17)9-5-3-6-10(21)12(9)8-4-1-2-7-11(8)22-14(18,19)20/h1-7H,21H2. The van der Waals surface area contributed by atoms with E-state index < -0.39 is 29.4 Å². The van der Waals surface area contributed by atoms with Gasteiger partial charge < -0.3 is 10.5 Å². The molecule has 2 aromatic rings. The highest BCUT2D eigenvalue weighted by atomic mass is 19.4. The number of ether oxygens (including phenoxy) is 1. The van der Waals surface area contributed by atoms with Gasteiger partial charge in [-0.25, -0.2) is 0 Å². The van der Waals surface area contributed by atoms with Crippen molar-refractivity contribution in [2.24, 2.45) is 0 Å². The first-order valence-electron chi connectivity index (χ1n) is 5.90. The summed E-state index contributed by atoms with van der Waals surface area (Å²) in [4.78, 5) is 0. The summed E-state index contributed by atoms with van der Waals surface area (Å²) >= 11 is 0. The summed E-state index contributed by atoms with van der Waals surface area (Å²) in [6, 6.07) is 7.53. The molecule has 0 fully saturated rings. The number of halogens is 6. The summed E-state index contributed by atoms with van der Waals surface area (Å²) in [6.07, 6.45) is -9.80. The topological polar surface area (TPSA) is 35.2 Å². The van der Waals surface area contributed by atoms with Crippen LogP contribution in [-0.4, -0.2) is 6.36 Å². The Morgan fingerprint density at radius 3 is 2.05 bits per heavy atom. The van der Waals surface area contributed by atoms with Crippen molar-refractivity contribution in [3.8, 4) is 16.9 Å². The van der Waals surface area contributed by atoms with Gasteiger partial charge in [-0.2, -0.15) is 13.2 Å². The van der Waals surface area contributed by atoms with Gasteiger partial charge in [0.25, 0.3) is 0 Å². The summed E-state index contributed by atoms with van der Waals surface area (Å²) in [5, 5.41) is 0. The van der Waals surface area contributed by atoms with Crippen molar-refractivity contribution in [2.45, 2.75) is 12.5 Å². The zero-order chi connectivity index (χ0) is 16.5. The minimum absolute atomic E-state index is 0.298. The summed E-state index contributed by atoms with van der Waals surface area (Å²) in [6.45, 7) is 0. The van der Waals surface area contributed by atoms with Gasteiger partial charge in [0.15, 0.2) is 0 Å². The number of nitrogens with two attached hydrogens (primary N) is 1. The minimum Gasteiger partial charge on any atom is -0.405 e. The number of alkyl halides is 6. The Balaban J connectivity index is 2.68. The van der Waals surface area contributed by atoms with Crippen molar-refractivity contribution >= 4 is 5.69 Å². The van der Waals surface area contributed by atoms with Gasteiger partial charge in [0.2, 0.25) is 0 Å². The number of nitrogen functional groups attached to an aromatic ring is 1. The van der Waals surface area contributed by atoms with Crippen LogP contribution in [0.1, 0.15) is 5.56 Å². The van der Waals surface area contributed by atoms with Crippen LogP contribution in [0.15, 0.2) is 42.5 Å². The van der Waals surface area contributed by atoms with Crippen LogP contribution in [0.3, 0.4) is 0 Å². The van der Waals surface area contributed by atoms with Crippen molar-refractivity contribution in [1.82, 2.24) is 0 Å². The summed E-state index contributed by atoms with van der Waals surface area (Å²) in [7, 11) is 0. The molecule has 0 aromatic heterocycles. The maximum atomic E-state index is 13.1. The molecule has 0 spiro atoms. The maximum absolute atomic E-state index is 13.1. The third-order valence-electron chi connectivity index (χ3n) is 2.78. The first kappa shape index (κ1) is 16.0. The zero-order valence-corrected chi connectivity index (χ0v) is 10.8. The molecular formula is C14H9F6NO. The molecule has 0 unspecified atom stereocenters. The molecule has 118 valence electrons. The highest BCUT2D eigenvalue weighted by Crippen LogP contribution is 2.44. The molecule has 0 saturated heterocycles. The molecule has 0 aliphatic rings. The molecule has 2 N–H and O–H groups in total. The fourth-order valence-corrected chi connectivity index (χ4v) is 1.99. The van der Waals surface area contributed by atoms with Crippen LogP contribution in [0.25, 0.3) is 11.1 Å². The monoisotopic (exact) mass is 321 g/mol. The van der Waals surface area contributed by atoms with Crippen LogP contribution in [0.4, 0.5) is 32.0 Å². The average molecular weight is 321 g/mol. The molecule has 2 aromatic carbocycles. The number of rotatable bonds is 2. The van der Waals surface area contributed by atoms with E-state index in [4.69, 9.17) is 5.73 Å². The molecular weight excluding hydrogens is 312 g/mol. The second kappa shape index (κ2) is 5.43. The van der Waals surface area contributed by atoms with Gasteiger partial charge in [0.05, 0.1) is 5.56 Å². The highest BCUT2D eigenvalue weighted by molar-refractivity contribution is 5.83. The van der Waals surface area contributed by atoms with Crippen LogP contribution < -0.4 is 10.5 Å². The number of benzene rings is 2. The van der Waals surface area contributed by atoms with Crippen molar-refractivity contribution < 1.29 is 31.1 Å². The van der Waals surface area contributed by atoms with E-state index in [0.29, 0.717) is 0 Å². The number of para-hydroxylation sites is 1. The predicted molar refractivity (Wildman–Crippen MR) is 68.0 cm³/mol. The lowest BCUT2D eigenvalue weighted by Gasteiger charge is -2.18. The lowest BCUT2D eigenvalue weighted by Crippen LogP contribution is -2.18. The molecule has 0 aliphatic carbocycles. The quantitative estimate of drug-likeness (QED) is 0.634. The number of hydrogen-bond acceptors (Lipinski definition) is 2. The molecule has 0 bridgehead atoms. The second-order valence-corrected chi connectivity index (χ2v) is 4.31. The van der Waals surface area contributed by atoms with Gasteiger partial charge in [-0.05, 0) is 18.2 Å². The van der Waals surface area contributed by atoms with E-state index in [-0.39, 0.29) is 11.3 Å². The van der Waals surface area contributed by atoms with E-state index in [1.807, 2.05) is 0 Å². The first-order chi connectivity index (χ1) is 10.1. The Labute approximate surface area is 121 Å². The first-order valence-corrected chi connectivity index (χ1v) is 5.90. The van der Waals surface area contributed by atoms with E-state index in [0.717, 1.165) is 24.3 Å². The third kappa shape index (κ3) is 3.44. The Kier molecular flexibility index (Phi) is 3.95. The summed E-state index contributed by atoms with van der Waals surface area (Å²) < 4.78 is 80.2. The lowest BCUT2D eigenvalue weighted by molar-refractivity contribution is -0.274. The average Bonchev–Trinajstić information content (AvgIpc) is 2.36. The summed E-state index contributed by atoms with van der Waals surface area (Å²) in [5.41, 5.74) is 3.18. The Hall–Kier alpha value is -2.38. The highest BCUT2D eigenvalue weighted by Gasteiger charge is 2.37. The molecule has 0 radical (unpaired) electrons. The Bertz CT molecular complexity index is 678. The molecule has 0 amide bonds. The van der Waals surface area contributed by atoms with Gasteiger partial charge in [-0.3, -0.25) is 0 Å². The zero-order valence-electron chi connectivity index (χ0n) is 10.8. The fraction of sp³-hybridized carbons (Fsp3) is 0.143. The van der Waals surface area contributed by atoms with Gasteiger partial charge >= 0.3 is 12.5 Å². The van der Waals surface area contributed by atoms with Crippen LogP contribution in [0, 0.1) is 0 Å². The van der Waals surface area contributed by atoms with E-state index in [1.165, 1.54) is 18.2 Å². The second-order valence-electron chi connectivity index (χ2n) is 4.31. The van der Waals surface area contributed by atoms with Crippen LogP contribution in [0.5, 0.6) is 5.75 Å². The Morgan fingerprint density at radius 1 is 0.818 bits per heavy atom.